The smallest absolute Gasteiger partial charge is 0.319 e. The summed E-state index contributed by atoms with van der Waals surface area (Å²) in [4.78, 5) is 20.8. The monoisotopic (exact) mass is 338 g/mol. The van der Waals surface area contributed by atoms with Crippen LogP contribution in [0.3, 0.4) is 0 Å². The molecule has 4 rings (SSSR count). The molecule has 1 saturated carbocycles. The van der Waals surface area contributed by atoms with E-state index < -0.39 is 0 Å². The molecule has 1 aromatic carbocycles. The second-order valence-electron chi connectivity index (χ2n) is 6.97. The summed E-state index contributed by atoms with van der Waals surface area (Å²) < 4.78 is 4.11. The van der Waals surface area contributed by atoms with E-state index in [4.69, 9.17) is 0 Å². The van der Waals surface area contributed by atoms with Crippen molar-refractivity contribution in [2.45, 2.75) is 26.3 Å². The molecule has 0 atom stereocenters. The predicted octanol–water partition coefficient (Wildman–Crippen LogP) is 2.68. The third-order valence-corrected chi connectivity index (χ3v) is 4.99. The lowest BCUT2D eigenvalue weighted by atomic mass is 10.1. The molecule has 3 aromatic rings. The second-order valence-corrected chi connectivity index (χ2v) is 6.97. The molecule has 0 saturated heterocycles. The first-order valence-electron chi connectivity index (χ1n) is 8.48. The highest BCUT2D eigenvalue weighted by Gasteiger charge is 2.43. The fourth-order valence-corrected chi connectivity index (χ4v) is 3.16. The second kappa shape index (κ2) is 5.91. The van der Waals surface area contributed by atoms with Gasteiger partial charge in [0.05, 0.1) is 17.4 Å². The van der Waals surface area contributed by atoms with Crippen LogP contribution >= 0.6 is 0 Å². The molecule has 0 unspecified atom stereocenters. The van der Waals surface area contributed by atoms with E-state index in [-0.39, 0.29) is 11.4 Å². The summed E-state index contributed by atoms with van der Waals surface area (Å²) in [7, 11) is 1.95. The SMILES string of the molecule is Cc1nccn1CC1(CNC(=O)Nc2ccc3c(c2)ncn3C)CC1. The molecule has 1 aliphatic carbocycles. The van der Waals surface area contributed by atoms with Crippen molar-refractivity contribution in [3.05, 3.63) is 42.7 Å². The molecular formula is C18H22N6O. The number of anilines is 1. The molecule has 7 heteroatoms. The van der Waals surface area contributed by atoms with Gasteiger partial charge in [0.25, 0.3) is 0 Å². The molecule has 7 nitrogen and oxygen atoms in total. The summed E-state index contributed by atoms with van der Waals surface area (Å²) in [6.45, 7) is 3.57. The van der Waals surface area contributed by atoms with Crippen LogP contribution in [0.5, 0.6) is 0 Å². The highest BCUT2D eigenvalue weighted by molar-refractivity contribution is 5.91. The number of carbonyl (C=O) groups excluding carboxylic acids is 1. The number of nitrogens with one attached hydrogen (secondary N) is 2. The Labute approximate surface area is 146 Å². The maximum atomic E-state index is 12.2. The lowest BCUT2D eigenvalue weighted by Crippen LogP contribution is -2.35. The number of aromatic nitrogens is 4. The van der Waals surface area contributed by atoms with Crippen molar-refractivity contribution in [3.8, 4) is 0 Å². The van der Waals surface area contributed by atoms with Gasteiger partial charge in [-0.3, -0.25) is 0 Å². The zero-order valence-electron chi connectivity index (χ0n) is 14.5. The molecule has 2 amide bonds. The number of fused-ring (bicyclic) bond motifs is 1. The van der Waals surface area contributed by atoms with Gasteiger partial charge >= 0.3 is 6.03 Å². The van der Waals surface area contributed by atoms with Gasteiger partial charge in [-0.05, 0) is 38.0 Å². The number of imidazole rings is 2. The van der Waals surface area contributed by atoms with Crippen LogP contribution in [0, 0.1) is 12.3 Å². The van der Waals surface area contributed by atoms with E-state index in [9.17, 15) is 4.79 Å². The topological polar surface area (TPSA) is 76.8 Å². The first-order chi connectivity index (χ1) is 12.0. The Morgan fingerprint density at radius 3 is 2.88 bits per heavy atom. The lowest BCUT2D eigenvalue weighted by Gasteiger charge is -2.18. The third kappa shape index (κ3) is 3.22. The normalized spacial score (nSPS) is 15.3. The van der Waals surface area contributed by atoms with E-state index in [1.807, 2.05) is 49.1 Å². The summed E-state index contributed by atoms with van der Waals surface area (Å²) in [5, 5.41) is 5.91. The zero-order chi connectivity index (χ0) is 17.4. The summed E-state index contributed by atoms with van der Waals surface area (Å²) in [5.74, 6) is 1.01. The average Bonchev–Trinajstić information content (AvgIpc) is 3.11. The van der Waals surface area contributed by atoms with E-state index in [0.717, 1.165) is 41.9 Å². The van der Waals surface area contributed by atoms with Crippen LogP contribution in [0.25, 0.3) is 11.0 Å². The molecule has 25 heavy (non-hydrogen) atoms. The fourth-order valence-electron chi connectivity index (χ4n) is 3.16. The van der Waals surface area contributed by atoms with Gasteiger partial charge in [0.2, 0.25) is 0 Å². The molecule has 0 bridgehead atoms. The van der Waals surface area contributed by atoms with E-state index >= 15 is 0 Å². The van der Waals surface area contributed by atoms with E-state index in [1.54, 1.807) is 6.33 Å². The van der Waals surface area contributed by atoms with Gasteiger partial charge in [0.1, 0.15) is 5.82 Å². The Bertz CT molecular complexity index is 921. The van der Waals surface area contributed by atoms with Gasteiger partial charge in [0, 0.05) is 43.6 Å². The van der Waals surface area contributed by atoms with Gasteiger partial charge in [-0.25, -0.2) is 14.8 Å². The Balaban J connectivity index is 1.35. The van der Waals surface area contributed by atoms with Crippen molar-refractivity contribution in [3.63, 3.8) is 0 Å². The molecule has 1 aliphatic rings. The van der Waals surface area contributed by atoms with Crippen molar-refractivity contribution in [1.82, 2.24) is 24.4 Å². The molecule has 2 heterocycles. The molecule has 2 N–H and O–H groups in total. The first-order valence-corrected chi connectivity index (χ1v) is 8.48. The number of amides is 2. The summed E-state index contributed by atoms with van der Waals surface area (Å²) in [5.41, 5.74) is 2.82. The minimum atomic E-state index is -0.177. The van der Waals surface area contributed by atoms with Crippen LogP contribution in [-0.2, 0) is 13.6 Å². The van der Waals surface area contributed by atoms with Crippen LogP contribution in [0.15, 0.2) is 36.9 Å². The molecule has 0 aliphatic heterocycles. The number of hydrogen-bond donors (Lipinski definition) is 2. The number of aryl methyl sites for hydroxylation is 2. The van der Waals surface area contributed by atoms with Gasteiger partial charge in [0.15, 0.2) is 0 Å². The van der Waals surface area contributed by atoms with Crippen LogP contribution in [0.4, 0.5) is 10.5 Å². The van der Waals surface area contributed by atoms with E-state index in [0.29, 0.717) is 6.54 Å². The molecule has 130 valence electrons. The summed E-state index contributed by atoms with van der Waals surface area (Å²) in [6.07, 6.45) is 7.84. The summed E-state index contributed by atoms with van der Waals surface area (Å²) >= 11 is 0. The summed E-state index contributed by atoms with van der Waals surface area (Å²) in [6, 6.07) is 5.56. The van der Waals surface area contributed by atoms with Crippen molar-refractivity contribution in [2.24, 2.45) is 12.5 Å². The van der Waals surface area contributed by atoms with Crippen molar-refractivity contribution >= 4 is 22.8 Å². The standard InChI is InChI=1S/C18H22N6O/c1-13-19-7-8-24(13)11-18(5-6-18)10-20-17(25)22-14-3-4-16-15(9-14)21-12-23(16)2/h3-4,7-9,12H,5-6,10-11H2,1-2H3,(H2,20,22,25). The molecule has 0 spiro atoms. The predicted molar refractivity (Wildman–Crippen MR) is 96.4 cm³/mol. The Hall–Kier alpha value is -2.83. The minimum absolute atomic E-state index is 0.160. The minimum Gasteiger partial charge on any atom is -0.337 e. The number of carbonyl (C=O) groups is 1. The Morgan fingerprint density at radius 1 is 1.32 bits per heavy atom. The maximum Gasteiger partial charge on any atom is 0.319 e. The van der Waals surface area contributed by atoms with Crippen molar-refractivity contribution in [2.75, 3.05) is 11.9 Å². The molecule has 2 aromatic heterocycles. The fraction of sp³-hybridized carbons (Fsp3) is 0.389. The average molecular weight is 338 g/mol. The van der Waals surface area contributed by atoms with Gasteiger partial charge in [-0.2, -0.15) is 0 Å². The Morgan fingerprint density at radius 2 is 2.16 bits per heavy atom. The first kappa shape index (κ1) is 15.7. The molecular weight excluding hydrogens is 316 g/mol. The van der Waals surface area contributed by atoms with Crippen LogP contribution in [-0.4, -0.2) is 31.7 Å². The van der Waals surface area contributed by atoms with E-state index in [2.05, 4.69) is 25.2 Å². The van der Waals surface area contributed by atoms with Crippen LogP contribution in [0.2, 0.25) is 0 Å². The number of hydrogen-bond acceptors (Lipinski definition) is 3. The maximum absolute atomic E-state index is 12.2. The third-order valence-electron chi connectivity index (χ3n) is 4.99. The van der Waals surface area contributed by atoms with Crippen LogP contribution in [0.1, 0.15) is 18.7 Å². The van der Waals surface area contributed by atoms with Gasteiger partial charge in [-0.1, -0.05) is 0 Å². The number of benzene rings is 1. The highest BCUT2D eigenvalue weighted by Crippen LogP contribution is 2.46. The zero-order valence-corrected chi connectivity index (χ0v) is 14.5. The van der Waals surface area contributed by atoms with Crippen molar-refractivity contribution in [1.29, 1.82) is 0 Å². The van der Waals surface area contributed by atoms with Crippen molar-refractivity contribution < 1.29 is 4.79 Å². The van der Waals surface area contributed by atoms with E-state index in [1.165, 1.54) is 0 Å². The largest absolute Gasteiger partial charge is 0.337 e. The van der Waals surface area contributed by atoms with Gasteiger partial charge < -0.3 is 19.8 Å². The number of nitrogens with zero attached hydrogens (tertiary/aromatic N) is 4. The van der Waals surface area contributed by atoms with Gasteiger partial charge in [-0.15, -0.1) is 0 Å². The highest BCUT2D eigenvalue weighted by atomic mass is 16.2. The lowest BCUT2D eigenvalue weighted by molar-refractivity contribution is 0.248. The molecule has 0 radical (unpaired) electrons. The van der Waals surface area contributed by atoms with Crippen LogP contribution < -0.4 is 10.6 Å². The quantitative estimate of drug-likeness (QED) is 0.751. The Kier molecular flexibility index (Phi) is 3.71. The number of urea groups is 1. The molecule has 1 fully saturated rings. The number of rotatable bonds is 5.